The molecule has 1 aliphatic heterocycles. The highest BCUT2D eigenvalue weighted by atomic mass is 16.2. The van der Waals surface area contributed by atoms with Crippen LogP contribution >= 0.6 is 0 Å². The van der Waals surface area contributed by atoms with Crippen molar-refractivity contribution in [3.05, 3.63) is 35.9 Å². The van der Waals surface area contributed by atoms with Crippen LogP contribution in [0.1, 0.15) is 12.0 Å². The number of carbonyl (C=O) groups excluding carboxylic acids is 2. The number of benzene rings is 1. The van der Waals surface area contributed by atoms with Crippen LogP contribution in [0, 0.1) is 0 Å². The summed E-state index contributed by atoms with van der Waals surface area (Å²) in [6.07, 6.45) is 1.13. The van der Waals surface area contributed by atoms with E-state index in [9.17, 15) is 9.59 Å². The number of nitrogens with two attached hydrogens (primary N) is 1. The van der Waals surface area contributed by atoms with E-state index in [1.807, 2.05) is 30.3 Å². The lowest BCUT2D eigenvalue weighted by Crippen LogP contribution is -2.48. The molecule has 0 saturated carbocycles. The third-order valence-corrected chi connectivity index (χ3v) is 3.38. The Hall–Kier alpha value is -1.88. The van der Waals surface area contributed by atoms with Crippen molar-refractivity contribution in [2.75, 3.05) is 13.6 Å². The number of hydrogen-bond acceptors (Lipinski definition) is 3. The van der Waals surface area contributed by atoms with Crippen LogP contribution in [-0.4, -0.2) is 42.4 Å². The number of nitrogens with one attached hydrogen (secondary N) is 1. The SMILES string of the molecule is CN1CCC(NC(=O)[C@@H](N)Cc2ccccc2)C1=O. The van der Waals surface area contributed by atoms with E-state index < -0.39 is 12.1 Å². The minimum Gasteiger partial charge on any atom is -0.344 e. The molecule has 2 amide bonds. The van der Waals surface area contributed by atoms with Crippen LogP contribution in [-0.2, 0) is 16.0 Å². The van der Waals surface area contributed by atoms with Gasteiger partial charge in [0, 0.05) is 13.6 Å². The fourth-order valence-electron chi connectivity index (χ4n) is 2.20. The van der Waals surface area contributed by atoms with Gasteiger partial charge >= 0.3 is 0 Å². The summed E-state index contributed by atoms with van der Waals surface area (Å²) in [5.74, 6) is -0.308. The molecule has 0 aliphatic carbocycles. The van der Waals surface area contributed by atoms with Gasteiger partial charge in [-0.2, -0.15) is 0 Å². The lowest BCUT2D eigenvalue weighted by molar-refractivity contribution is -0.132. The van der Waals surface area contributed by atoms with Crippen LogP contribution in [0.5, 0.6) is 0 Å². The quantitative estimate of drug-likeness (QED) is 0.795. The Bertz CT molecular complexity index is 461. The van der Waals surface area contributed by atoms with E-state index in [4.69, 9.17) is 5.73 Å². The molecule has 0 spiro atoms. The van der Waals surface area contributed by atoms with Crippen molar-refractivity contribution in [3.63, 3.8) is 0 Å². The van der Waals surface area contributed by atoms with E-state index >= 15 is 0 Å². The van der Waals surface area contributed by atoms with Gasteiger partial charge in [-0.3, -0.25) is 9.59 Å². The van der Waals surface area contributed by atoms with E-state index in [1.165, 1.54) is 0 Å². The first-order valence-corrected chi connectivity index (χ1v) is 6.43. The molecule has 5 heteroatoms. The lowest BCUT2D eigenvalue weighted by Gasteiger charge is -2.16. The molecule has 1 aromatic carbocycles. The number of amides is 2. The molecule has 0 aromatic heterocycles. The molecule has 1 saturated heterocycles. The van der Waals surface area contributed by atoms with Crippen molar-refractivity contribution in [2.45, 2.75) is 24.9 Å². The highest BCUT2D eigenvalue weighted by molar-refractivity contribution is 5.90. The predicted molar refractivity (Wildman–Crippen MR) is 72.3 cm³/mol. The molecule has 1 aromatic rings. The summed E-state index contributed by atoms with van der Waals surface area (Å²) in [6, 6.07) is 8.57. The van der Waals surface area contributed by atoms with Crippen LogP contribution in [0.4, 0.5) is 0 Å². The van der Waals surface area contributed by atoms with Gasteiger partial charge in [0.1, 0.15) is 6.04 Å². The summed E-state index contributed by atoms with van der Waals surface area (Å²) in [5.41, 5.74) is 6.88. The summed E-state index contributed by atoms with van der Waals surface area (Å²) in [4.78, 5) is 25.3. The second-order valence-corrected chi connectivity index (χ2v) is 4.91. The Kier molecular flexibility index (Phi) is 4.16. The van der Waals surface area contributed by atoms with Crippen LogP contribution in [0.2, 0.25) is 0 Å². The van der Waals surface area contributed by atoms with E-state index in [1.54, 1.807) is 11.9 Å². The molecule has 5 nitrogen and oxygen atoms in total. The first-order valence-electron chi connectivity index (χ1n) is 6.43. The van der Waals surface area contributed by atoms with Crippen molar-refractivity contribution >= 4 is 11.8 Å². The van der Waals surface area contributed by atoms with Gasteiger partial charge in [-0.05, 0) is 18.4 Å². The average molecular weight is 261 g/mol. The molecule has 2 rings (SSSR count). The van der Waals surface area contributed by atoms with Gasteiger partial charge < -0.3 is 16.0 Å². The number of nitrogens with zero attached hydrogens (tertiary/aromatic N) is 1. The molecule has 1 heterocycles. The second kappa shape index (κ2) is 5.84. The molecule has 0 radical (unpaired) electrons. The fraction of sp³-hybridized carbons (Fsp3) is 0.429. The number of likely N-dealkylation sites (tertiary alicyclic amines) is 1. The van der Waals surface area contributed by atoms with Crippen LogP contribution < -0.4 is 11.1 Å². The van der Waals surface area contributed by atoms with Gasteiger partial charge in [0.15, 0.2) is 0 Å². The maximum Gasteiger partial charge on any atom is 0.244 e. The maximum absolute atomic E-state index is 11.9. The largest absolute Gasteiger partial charge is 0.344 e. The topological polar surface area (TPSA) is 75.4 Å². The summed E-state index contributed by atoms with van der Waals surface area (Å²) in [5, 5.41) is 2.72. The molecule has 2 atom stereocenters. The van der Waals surface area contributed by atoms with Crippen molar-refractivity contribution < 1.29 is 9.59 Å². The van der Waals surface area contributed by atoms with E-state index in [-0.39, 0.29) is 11.8 Å². The second-order valence-electron chi connectivity index (χ2n) is 4.91. The maximum atomic E-state index is 11.9. The third kappa shape index (κ3) is 3.32. The molecule has 1 aliphatic rings. The number of carbonyl (C=O) groups is 2. The third-order valence-electron chi connectivity index (χ3n) is 3.38. The Morgan fingerprint density at radius 2 is 2.16 bits per heavy atom. The molecule has 3 N–H and O–H groups in total. The number of likely N-dealkylation sites (N-methyl/N-ethyl adjacent to an activating group) is 1. The molecule has 1 unspecified atom stereocenters. The van der Waals surface area contributed by atoms with E-state index in [0.29, 0.717) is 19.4 Å². The van der Waals surface area contributed by atoms with Gasteiger partial charge in [0.05, 0.1) is 6.04 Å². The van der Waals surface area contributed by atoms with Crippen molar-refractivity contribution in [1.82, 2.24) is 10.2 Å². The summed E-state index contributed by atoms with van der Waals surface area (Å²) >= 11 is 0. The normalized spacial score (nSPS) is 20.4. The van der Waals surface area contributed by atoms with Crippen molar-refractivity contribution in [2.24, 2.45) is 5.73 Å². The van der Waals surface area contributed by atoms with Gasteiger partial charge in [-0.15, -0.1) is 0 Å². The highest BCUT2D eigenvalue weighted by Crippen LogP contribution is 2.09. The summed E-state index contributed by atoms with van der Waals surface area (Å²) < 4.78 is 0. The van der Waals surface area contributed by atoms with Gasteiger partial charge in [0.2, 0.25) is 11.8 Å². The monoisotopic (exact) mass is 261 g/mol. The number of rotatable bonds is 4. The van der Waals surface area contributed by atoms with Crippen molar-refractivity contribution in [1.29, 1.82) is 0 Å². The van der Waals surface area contributed by atoms with Crippen LogP contribution in [0.15, 0.2) is 30.3 Å². The summed E-state index contributed by atoms with van der Waals surface area (Å²) in [7, 11) is 1.73. The molecule has 0 bridgehead atoms. The molecule has 19 heavy (non-hydrogen) atoms. The zero-order valence-electron chi connectivity index (χ0n) is 11.0. The first-order chi connectivity index (χ1) is 9.08. The van der Waals surface area contributed by atoms with Gasteiger partial charge in [-0.1, -0.05) is 30.3 Å². The minimum absolute atomic E-state index is 0.0414. The summed E-state index contributed by atoms with van der Waals surface area (Å²) in [6.45, 7) is 0.678. The standard InChI is InChI=1S/C14H19N3O2/c1-17-8-7-12(14(17)19)16-13(18)11(15)9-10-5-3-2-4-6-10/h2-6,11-12H,7-9,15H2,1H3,(H,16,18)/t11-,12?/m0/s1. The minimum atomic E-state index is -0.624. The van der Waals surface area contributed by atoms with Crippen LogP contribution in [0.3, 0.4) is 0 Å². The highest BCUT2D eigenvalue weighted by Gasteiger charge is 2.31. The zero-order chi connectivity index (χ0) is 13.8. The first kappa shape index (κ1) is 13.5. The smallest absolute Gasteiger partial charge is 0.244 e. The van der Waals surface area contributed by atoms with E-state index in [0.717, 1.165) is 5.56 Å². The van der Waals surface area contributed by atoms with Crippen LogP contribution in [0.25, 0.3) is 0 Å². The Morgan fingerprint density at radius 3 is 2.74 bits per heavy atom. The molecule has 1 fully saturated rings. The van der Waals surface area contributed by atoms with E-state index in [2.05, 4.69) is 5.32 Å². The molecule has 102 valence electrons. The van der Waals surface area contributed by atoms with Gasteiger partial charge in [-0.25, -0.2) is 0 Å². The molecular formula is C14H19N3O2. The van der Waals surface area contributed by atoms with Gasteiger partial charge in [0.25, 0.3) is 0 Å². The fourth-order valence-corrected chi connectivity index (χ4v) is 2.20. The average Bonchev–Trinajstić information content (AvgIpc) is 2.72. The van der Waals surface area contributed by atoms with Crippen molar-refractivity contribution in [3.8, 4) is 0 Å². The Labute approximate surface area is 112 Å². The Morgan fingerprint density at radius 1 is 1.47 bits per heavy atom. The Balaban J connectivity index is 1.88. The zero-order valence-corrected chi connectivity index (χ0v) is 11.0. The predicted octanol–water partition coefficient (Wildman–Crippen LogP) is -0.0967. The number of hydrogen-bond donors (Lipinski definition) is 2. The molecular weight excluding hydrogens is 242 g/mol. The lowest BCUT2D eigenvalue weighted by atomic mass is 10.1.